The van der Waals surface area contributed by atoms with E-state index in [0.717, 1.165) is 42.5 Å². The molecule has 290 valence electrons. The van der Waals surface area contributed by atoms with Crippen molar-refractivity contribution in [2.45, 2.75) is 9.79 Å². The van der Waals surface area contributed by atoms with Crippen molar-refractivity contribution in [3.63, 3.8) is 0 Å². The summed E-state index contributed by atoms with van der Waals surface area (Å²) in [6, 6.07) is 36.4. The van der Waals surface area contributed by atoms with Crippen molar-refractivity contribution in [2.75, 3.05) is 8.84 Å². The molecule has 8 rings (SSSR count). The second-order valence-electron chi connectivity index (χ2n) is 12.5. The van der Waals surface area contributed by atoms with Crippen LogP contribution in [-0.4, -0.2) is 45.9 Å². The molecule has 0 atom stereocenters. The van der Waals surface area contributed by atoms with Gasteiger partial charge >= 0.3 is 0 Å². The fourth-order valence-electron chi connectivity index (χ4n) is 6.09. The molecular formula is C40H26Cl2N6O8S2. The van der Waals surface area contributed by atoms with E-state index in [1.807, 2.05) is 72.8 Å². The Bertz CT molecular complexity index is 2900. The Balaban J connectivity index is 1.08. The van der Waals surface area contributed by atoms with Gasteiger partial charge in [-0.3, -0.25) is 9.11 Å². The summed E-state index contributed by atoms with van der Waals surface area (Å²) in [5.41, 5.74) is -0.549. The Morgan fingerprint density at radius 1 is 0.466 bits per heavy atom. The summed E-state index contributed by atoms with van der Waals surface area (Å²) in [6.45, 7) is 0. The first-order valence-electron chi connectivity index (χ1n) is 16.9. The molecule has 0 amide bonds. The first kappa shape index (κ1) is 38.5. The molecule has 0 saturated heterocycles. The molecule has 58 heavy (non-hydrogen) atoms. The van der Waals surface area contributed by atoms with Crippen LogP contribution in [-0.2, 0) is 20.2 Å². The summed E-state index contributed by atoms with van der Waals surface area (Å²) in [6.07, 6.45) is 2.39. The Hall–Kier alpha value is -6.40. The van der Waals surface area contributed by atoms with Gasteiger partial charge in [-0.25, -0.2) is 28.8 Å². The van der Waals surface area contributed by atoms with Gasteiger partial charge in [0.05, 0.1) is 11.4 Å². The van der Waals surface area contributed by atoms with E-state index < -0.39 is 30.0 Å². The molecule has 2 N–H and O–H groups in total. The van der Waals surface area contributed by atoms with Crippen molar-refractivity contribution in [3.8, 4) is 34.4 Å². The lowest BCUT2D eigenvalue weighted by molar-refractivity contribution is 0.462. The zero-order chi connectivity index (χ0) is 40.6. The van der Waals surface area contributed by atoms with Crippen LogP contribution in [0.15, 0.2) is 156 Å². The number of benzene rings is 6. The third kappa shape index (κ3) is 8.19. The molecule has 2 heterocycles. The van der Waals surface area contributed by atoms with E-state index in [1.165, 1.54) is 49.1 Å². The third-order valence-corrected chi connectivity index (χ3v) is 11.3. The first-order valence-corrected chi connectivity index (χ1v) is 20.5. The second kappa shape index (κ2) is 15.5. The molecular weight excluding hydrogens is 828 g/mol. The van der Waals surface area contributed by atoms with E-state index in [-0.39, 0.29) is 45.9 Å². The maximum atomic E-state index is 12.8. The van der Waals surface area contributed by atoms with Gasteiger partial charge in [-0.2, -0.15) is 16.8 Å². The molecule has 14 nitrogen and oxygen atoms in total. The zero-order valence-corrected chi connectivity index (χ0v) is 32.6. The largest absolute Gasteiger partial charge is 0.439 e. The lowest BCUT2D eigenvalue weighted by atomic mass is 10.0. The van der Waals surface area contributed by atoms with Crippen LogP contribution in [0.5, 0.6) is 23.3 Å². The predicted molar refractivity (Wildman–Crippen MR) is 220 cm³/mol. The zero-order valence-electron chi connectivity index (χ0n) is 29.5. The van der Waals surface area contributed by atoms with Crippen molar-refractivity contribution in [1.82, 2.24) is 19.9 Å². The number of aromatic nitrogens is 4. The lowest BCUT2D eigenvalue weighted by Gasteiger charge is -2.20. The van der Waals surface area contributed by atoms with Crippen molar-refractivity contribution >= 4 is 88.3 Å². The van der Waals surface area contributed by atoms with E-state index in [4.69, 9.17) is 33.0 Å². The van der Waals surface area contributed by atoms with Crippen LogP contribution in [0.25, 0.3) is 32.7 Å². The van der Waals surface area contributed by atoms with Crippen LogP contribution in [0, 0.1) is 0 Å². The Kier molecular flexibility index (Phi) is 10.3. The fourth-order valence-corrected chi connectivity index (χ4v) is 7.94. The molecule has 0 spiro atoms. The highest BCUT2D eigenvalue weighted by Gasteiger charge is 2.26. The average molecular weight is 854 g/mol. The van der Waals surface area contributed by atoms with Gasteiger partial charge < -0.3 is 9.47 Å². The maximum absolute atomic E-state index is 12.8. The van der Waals surface area contributed by atoms with Crippen molar-refractivity contribution in [2.24, 2.45) is 0 Å². The molecule has 0 aliphatic heterocycles. The normalized spacial score (nSPS) is 11.7. The van der Waals surface area contributed by atoms with Gasteiger partial charge in [0, 0.05) is 46.8 Å². The molecule has 0 unspecified atom stereocenters. The molecule has 2 aromatic heterocycles. The molecule has 0 bridgehead atoms. The van der Waals surface area contributed by atoms with Gasteiger partial charge in [0.15, 0.2) is 11.6 Å². The van der Waals surface area contributed by atoms with Gasteiger partial charge in [0.25, 0.3) is 20.2 Å². The van der Waals surface area contributed by atoms with Crippen LogP contribution >= 0.6 is 23.6 Å². The minimum atomic E-state index is -5.05. The summed E-state index contributed by atoms with van der Waals surface area (Å²) >= 11 is 13.3. The van der Waals surface area contributed by atoms with Crippen molar-refractivity contribution in [1.29, 1.82) is 0 Å². The number of hydrogen-bond donors (Lipinski definition) is 2. The summed E-state index contributed by atoms with van der Waals surface area (Å²) in [4.78, 5) is 15.1. The predicted octanol–water partition coefficient (Wildman–Crippen LogP) is 9.90. The number of rotatable bonds is 11. The number of hydrogen-bond acceptors (Lipinski definition) is 12. The Morgan fingerprint density at radius 3 is 1.26 bits per heavy atom. The average Bonchev–Trinajstić information content (AvgIpc) is 3.22. The molecule has 0 fully saturated rings. The fraction of sp³-hybridized carbons (Fsp3) is 0. The number of halogens is 2. The van der Waals surface area contributed by atoms with Crippen molar-refractivity contribution < 1.29 is 35.4 Å². The van der Waals surface area contributed by atoms with Crippen molar-refractivity contribution in [3.05, 3.63) is 146 Å². The highest BCUT2D eigenvalue weighted by Crippen LogP contribution is 2.40. The number of nitrogens with zero attached hydrogens (tertiary/aromatic N) is 6. The quantitative estimate of drug-likeness (QED) is 0.0925. The Labute approximate surface area is 341 Å². The standard InChI is InChI=1S/C40H26Cl2N6O8S2/c41-47(37-21-39(45-23-43-37)55-31-13-9-25-5-1-3-7-27(25)17-31)29-11-15-33(35(19-29)57(49,50)51)34-16-12-30(20-36(34)58(52,53)54)48(42)38-22-40(46-24-44-38)56-32-14-10-26-6-2-4-8-28(26)18-32/h1-24H,(H,49,50,51)(H,52,53,54). The maximum Gasteiger partial charge on any atom is 0.295 e. The van der Waals surface area contributed by atoms with Crippen LogP contribution < -0.4 is 18.3 Å². The topological polar surface area (TPSA) is 185 Å². The minimum absolute atomic E-state index is 0.0100. The van der Waals surface area contributed by atoms with Crippen LogP contribution in [0.3, 0.4) is 0 Å². The van der Waals surface area contributed by atoms with E-state index in [1.54, 1.807) is 12.1 Å². The summed E-state index contributed by atoms with van der Waals surface area (Å²) in [7, 11) is -10.1. The summed E-state index contributed by atoms with van der Waals surface area (Å²) in [5, 5.41) is 3.93. The van der Waals surface area contributed by atoms with Gasteiger partial charge in [0.1, 0.15) is 33.9 Å². The van der Waals surface area contributed by atoms with Gasteiger partial charge in [-0.05, 0) is 70.1 Å². The molecule has 0 aliphatic carbocycles. The van der Waals surface area contributed by atoms with Crippen LogP contribution in [0.2, 0.25) is 0 Å². The van der Waals surface area contributed by atoms with E-state index in [0.29, 0.717) is 11.5 Å². The summed E-state index contributed by atoms with van der Waals surface area (Å²) in [5.74, 6) is 1.38. The first-order chi connectivity index (χ1) is 27.8. The van der Waals surface area contributed by atoms with Gasteiger partial charge in [-0.15, -0.1) is 0 Å². The highest BCUT2D eigenvalue weighted by atomic mass is 35.5. The van der Waals surface area contributed by atoms with Crippen LogP contribution in [0.4, 0.5) is 23.0 Å². The molecule has 0 aliphatic rings. The van der Waals surface area contributed by atoms with E-state index in [2.05, 4.69) is 19.9 Å². The third-order valence-electron chi connectivity index (χ3n) is 8.77. The minimum Gasteiger partial charge on any atom is -0.439 e. The van der Waals surface area contributed by atoms with Crippen LogP contribution in [0.1, 0.15) is 0 Å². The number of ether oxygens (including phenoxy) is 2. The smallest absolute Gasteiger partial charge is 0.295 e. The molecule has 18 heteroatoms. The summed E-state index contributed by atoms with van der Waals surface area (Å²) < 4.78 is 85.8. The number of fused-ring (bicyclic) bond motifs is 2. The van der Waals surface area contributed by atoms with E-state index in [9.17, 15) is 25.9 Å². The lowest BCUT2D eigenvalue weighted by Crippen LogP contribution is -2.10. The highest BCUT2D eigenvalue weighted by molar-refractivity contribution is 7.86. The van der Waals surface area contributed by atoms with E-state index >= 15 is 0 Å². The monoisotopic (exact) mass is 852 g/mol. The van der Waals surface area contributed by atoms with Gasteiger partial charge in [0.2, 0.25) is 11.8 Å². The second-order valence-corrected chi connectivity index (χ2v) is 16.0. The molecule has 6 aromatic carbocycles. The van der Waals surface area contributed by atoms with Gasteiger partial charge in [-0.1, -0.05) is 72.8 Å². The molecule has 0 saturated carbocycles. The molecule has 0 radical (unpaired) electrons. The molecule has 8 aromatic rings. The SMILES string of the molecule is O=S(=O)(O)c1cc(N(Cl)c2cc(Oc3ccc4ccccc4c3)ncn2)ccc1-c1ccc(N(Cl)c2cc(Oc3ccc4ccccc4c3)ncn2)cc1S(=O)(=O)O. The number of anilines is 4. The Morgan fingerprint density at radius 2 is 0.862 bits per heavy atom.